The van der Waals surface area contributed by atoms with Crippen LogP contribution in [0.15, 0.2) is 60.3 Å². The van der Waals surface area contributed by atoms with Gasteiger partial charge in [0, 0.05) is 30.3 Å². The van der Waals surface area contributed by atoms with Crippen molar-refractivity contribution in [1.29, 1.82) is 0 Å². The molecule has 1 aromatic heterocycles. The Morgan fingerprint density at radius 1 is 1.07 bits per heavy atom. The van der Waals surface area contributed by atoms with Crippen LogP contribution in [0.2, 0.25) is 0 Å². The van der Waals surface area contributed by atoms with Gasteiger partial charge in [-0.15, -0.1) is 0 Å². The van der Waals surface area contributed by atoms with Gasteiger partial charge in [-0.2, -0.15) is 0 Å². The Hall–Kier alpha value is -2.51. The molecule has 1 N–H and O–H groups in total. The van der Waals surface area contributed by atoms with Crippen molar-refractivity contribution in [2.24, 2.45) is 0 Å². The lowest BCUT2D eigenvalue weighted by Crippen LogP contribution is -2.41. The van der Waals surface area contributed by atoms with Gasteiger partial charge in [-0.05, 0) is 47.7 Å². The summed E-state index contributed by atoms with van der Waals surface area (Å²) >= 11 is 0. The van der Waals surface area contributed by atoms with Crippen molar-refractivity contribution < 1.29 is 18.3 Å². The predicted octanol–water partition coefficient (Wildman–Crippen LogP) is 2.59. The largest absolute Gasteiger partial charge is 0.392 e. The summed E-state index contributed by atoms with van der Waals surface area (Å²) in [6, 6.07) is 11.0. The summed E-state index contributed by atoms with van der Waals surface area (Å²) in [6.45, 7) is 0.332. The molecule has 30 heavy (non-hydrogen) atoms. The first-order valence-corrected chi connectivity index (χ1v) is 12.0. The molecule has 0 spiro atoms. The van der Waals surface area contributed by atoms with Crippen molar-refractivity contribution in [1.82, 2.24) is 9.88 Å². The number of hydrogen-bond acceptors (Lipinski definition) is 5. The Kier molecular flexibility index (Phi) is 6.01. The molecular weight excluding hydrogens is 400 g/mol. The van der Waals surface area contributed by atoms with E-state index >= 15 is 0 Å². The molecule has 2 heterocycles. The van der Waals surface area contributed by atoms with Crippen LogP contribution in [0, 0.1) is 0 Å². The number of pyridine rings is 1. The van der Waals surface area contributed by atoms with Crippen molar-refractivity contribution >= 4 is 15.7 Å². The van der Waals surface area contributed by atoms with Gasteiger partial charge >= 0.3 is 0 Å². The van der Waals surface area contributed by atoms with Gasteiger partial charge in [-0.25, -0.2) is 8.42 Å². The maximum absolute atomic E-state index is 13.1. The molecule has 1 fully saturated rings. The summed E-state index contributed by atoms with van der Waals surface area (Å²) in [5.74, 6) is -0.0264. The molecule has 1 aliphatic carbocycles. The molecule has 1 amide bonds. The fourth-order valence-corrected chi connectivity index (χ4v) is 5.62. The van der Waals surface area contributed by atoms with Crippen molar-refractivity contribution in [2.75, 3.05) is 5.75 Å². The van der Waals surface area contributed by atoms with Gasteiger partial charge in [0.05, 0.1) is 24.3 Å². The van der Waals surface area contributed by atoms with Crippen LogP contribution < -0.4 is 0 Å². The van der Waals surface area contributed by atoms with E-state index in [-0.39, 0.29) is 30.1 Å². The molecule has 158 valence electrons. The van der Waals surface area contributed by atoms with E-state index in [9.17, 15) is 18.3 Å². The minimum Gasteiger partial charge on any atom is -0.392 e. The van der Waals surface area contributed by atoms with Crippen LogP contribution in [0.5, 0.6) is 0 Å². The molecule has 6 nitrogen and oxygen atoms in total. The summed E-state index contributed by atoms with van der Waals surface area (Å²) in [5, 5.41) is 11.3. The topological polar surface area (TPSA) is 87.6 Å². The third-order valence-electron chi connectivity index (χ3n) is 5.98. The number of hydrogen-bond donors (Lipinski definition) is 1. The van der Waals surface area contributed by atoms with E-state index < -0.39 is 15.9 Å². The van der Waals surface area contributed by atoms with Gasteiger partial charge in [0.15, 0.2) is 9.84 Å². The quantitative estimate of drug-likeness (QED) is 0.767. The molecule has 4 rings (SSSR count). The number of amides is 1. The van der Waals surface area contributed by atoms with Crippen molar-refractivity contribution in [3.63, 3.8) is 0 Å². The van der Waals surface area contributed by atoms with Crippen LogP contribution in [-0.2, 0) is 27.6 Å². The lowest BCUT2D eigenvalue weighted by atomic mass is 9.94. The molecule has 2 aromatic rings. The SMILES string of the molecule is O=C(Cc1ccc(C2CCCC2O)cc1)N(Cc1ccncc1)C1C=CS(=O)(=O)C1. The van der Waals surface area contributed by atoms with Crippen LogP contribution in [0.4, 0.5) is 0 Å². The van der Waals surface area contributed by atoms with Gasteiger partial charge < -0.3 is 10.0 Å². The van der Waals surface area contributed by atoms with E-state index in [0.29, 0.717) is 6.54 Å². The molecule has 0 saturated heterocycles. The molecule has 0 bridgehead atoms. The van der Waals surface area contributed by atoms with E-state index in [4.69, 9.17) is 0 Å². The maximum Gasteiger partial charge on any atom is 0.227 e. The molecule has 0 radical (unpaired) electrons. The monoisotopic (exact) mass is 426 g/mol. The third kappa shape index (κ3) is 4.79. The van der Waals surface area contributed by atoms with Crippen LogP contribution in [-0.4, -0.2) is 47.2 Å². The third-order valence-corrected chi connectivity index (χ3v) is 7.35. The highest BCUT2D eigenvalue weighted by molar-refractivity contribution is 7.94. The summed E-state index contributed by atoms with van der Waals surface area (Å²) in [5.41, 5.74) is 2.89. The Morgan fingerprint density at radius 2 is 1.80 bits per heavy atom. The zero-order chi connectivity index (χ0) is 21.1. The average Bonchev–Trinajstić information content (AvgIpc) is 3.32. The number of nitrogens with zero attached hydrogens (tertiary/aromatic N) is 2. The summed E-state index contributed by atoms with van der Waals surface area (Å²) in [6.07, 6.45) is 7.69. The number of carbonyl (C=O) groups excluding carboxylic acids is 1. The molecule has 7 heteroatoms. The van der Waals surface area contributed by atoms with Gasteiger partial charge in [-0.1, -0.05) is 30.7 Å². The number of carbonyl (C=O) groups is 1. The lowest BCUT2D eigenvalue weighted by molar-refractivity contribution is -0.132. The standard InChI is InChI=1S/C23H26N2O4S/c26-22-3-1-2-21(22)19-6-4-17(5-7-19)14-23(27)25(15-18-8-11-24-12-9-18)20-10-13-30(28,29)16-20/h4-13,20-22,26H,1-3,14-16H2. The highest BCUT2D eigenvalue weighted by Crippen LogP contribution is 2.34. The molecule has 1 aromatic carbocycles. The maximum atomic E-state index is 13.1. The fourth-order valence-electron chi connectivity index (χ4n) is 4.32. The van der Waals surface area contributed by atoms with E-state index in [1.165, 1.54) is 5.41 Å². The van der Waals surface area contributed by atoms with Crippen LogP contribution in [0.3, 0.4) is 0 Å². The van der Waals surface area contributed by atoms with E-state index in [1.807, 2.05) is 36.4 Å². The first-order valence-electron chi connectivity index (χ1n) is 10.3. The minimum absolute atomic E-state index is 0.0810. The number of sulfone groups is 1. The average molecular weight is 427 g/mol. The van der Waals surface area contributed by atoms with Gasteiger partial charge in [-0.3, -0.25) is 9.78 Å². The molecule has 1 saturated carbocycles. The van der Waals surface area contributed by atoms with E-state index in [1.54, 1.807) is 23.4 Å². The second-order valence-corrected chi connectivity index (χ2v) is 10.1. The van der Waals surface area contributed by atoms with E-state index in [0.717, 1.165) is 36.0 Å². The summed E-state index contributed by atoms with van der Waals surface area (Å²) in [7, 11) is -3.27. The number of aromatic nitrogens is 1. The second-order valence-electron chi connectivity index (χ2n) is 8.13. The van der Waals surface area contributed by atoms with Crippen molar-refractivity contribution in [2.45, 2.75) is 50.3 Å². The Bertz CT molecular complexity index is 1020. The minimum atomic E-state index is -3.27. The van der Waals surface area contributed by atoms with Crippen LogP contribution in [0.1, 0.15) is 41.9 Å². The van der Waals surface area contributed by atoms with E-state index in [2.05, 4.69) is 4.98 Å². The lowest BCUT2D eigenvalue weighted by Gasteiger charge is -2.28. The first-order chi connectivity index (χ1) is 14.4. The Labute approximate surface area is 177 Å². The zero-order valence-corrected chi connectivity index (χ0v) is 17.5. The molecule has 3 atom stereocenters. The number of rotatable bonds is 6. The summed E-state index contributed by atoms with van der Waals surface area (Å²) < 4.78 is 23.8. The highest BCUT2D eigenvalue weighted by Gasteiger charge is 2.30. The van der Waals surface area contributed by atoms with Crippen molar-refractivity contribution in [3.8, 4) is 0 Å². The van der Waals surface area contributed by atoms with Crippen LogP contribution >= 0.6 is 0 Å². The number of aliphatic hydroxyl groups is 1. The van der Waals surface area contributed by atoms with Gasteiger partial charge in [0.2, 0.25) is 5.91 Å². The van der Waals surface area contributed by atoms with Crippen LogP contribution in [0.25, 0.3) is 0 Å². The molecule has 3 unspecified atom stereocenters. The van der Waals surface area contributed by atoms with Crippen molar-refractivity contribution in [3.05, 3.63) is 77.0 Å². The second kappa shape index (κ2) is 8.70. The molecular formula is C23H26N2O4S. The van der Waals surface area contributed by atoms with Gasteiger partial charge in [0.25, 0.3) is 0 Å². The van der Waals surface area contributed by atoms with Gasteiger partial charge in [0.1, 0.15) is 0 Å². The Morgan fingerprint density at radius 3 is 2.40 bits per heavy atom. The number of benzene rings is 1. The summed E-state index contributed by atoms with van der Waals surface area (Å²) in [4.78, 5) is 18.8. The highest BCUT2D eigenvalue weighted by atomic mass is 32.2. The smallest absolute Gasteiger partial charge is 0.227 e. The number of aliphatic hydroxyl groups excluding tert-OH is 1. The molecule has 1 aliphatic heterocycles. The fraction of sp³-hybridized carbons (Fsp3) is 0.391. The zero-order valence-electron chi connectivity index (χ0n) is 16.7. The predicted molar refractivity (Wildman–Crippen MR) is 114 cm³/mol. The Balaban J connectivity index is 1.49. The normalized spacial score (nSPS) is 24.8. The first kappa shape index (κ1) is 20.8. The molecule has 2 aliphatic rings.